The van der Waals surface area contributed by atoms with Gasteiger partial charge in [-0.05, 0) is 32.5 Å². The van der Waals surface area contributed by atoms with Crippen molar-refractivity contribution in [2.45, 2.75) is 32.8 Å². The quantitative estimate of drug-likeness (QED) is 0.280. The number of ketones is 1. The summed E-state index contributed by atoms with van der Waals surface area (Å²) in [7, 11) is 5.47. The predicted octanol–water partition coefficient (Wildman–Crippen LogP) is 4.15. The van der Waals surface area contributed by atoms with Crippen LogP contribution in [0.3, 0.4) is 0 Å². The molecule has 0 amide bonds. The van der Waals surface area contributed by atoms with Crippen molar-refractivity contribution in [1.29, 1.82) is 0 Å². The molecule has 4 aromatic rings. The summed E-state index contributed by atoms with van der Waals surface area (Å²) in [5.74, 6) is 2.59. The first kappa shape index (κ1) is 27.0. The van der Waals surface area contributed by atoms with E-state index in [0.29, 0.717) is 58.1 Å². The topological polar surface area (TPSA) is 132 Å². The molecule has 0 saturated carbocycles. The van der Waals surface area contributed by atoms with Crippen molar-refractivity contribution < 1.29 is 14.3 Å². The number of methoxy groups -OCH3 is 1. The molecular formula is C28H33N9O3. The smallest absolute Gasteiger partial charge is 0.235 e. The highest BCUT2D eigenvalue weighted by atomic mass is 16.5. The first-order chi connectivity index (χ1) is 19.3. The number of benzene rings is 1. The van der Waals surface area contributed by atoms with Crippen molar-refractivity contribution in [1.82, 2.24) is 34.6 Å². The van der Waals surface area contributed by atoms with Gasteiger partial charge in [-0.2, -0.15) is 5.10 Å². The van der Waals surface area contributed by atoms with Crippen molar-refractivity contribution in [2.75, 3.05) is 37.9 Å². The maximum Gasteiger partial charge on any atom is 0.235 e. The van der Waals surface area contributed by atoms with Crippen LogP contribution < -0.4 is 20.1 Å². The van der Waals surface area contributed by atoms with Crippen LogP contribution in [0.1, 0.15) is 35.8 Å². The van der Waals surface area contributed by atoms with Crippen molar-refractivity contribution in [2.24, 2.45) is 7.05 Å². The summed E-state index contributed by atoms with van der Waals surface area (Å²) >= 11 is 0. The molecule has 12 nitrogen and oxygen atoms in total. The Kier molecular flexibility index (Phi) is 7.87. The Morgan fingerprint density at radius 1 is 1.10 bits per heavy atom. The number of likely N-dealkylation sites (N-methyl/N-ethyl adjacent to an activating group) is 1. The van der Waals surface area contributed by atoms with Gasteiger partial charge in [-0.25, -0.2) is 19.9 Å². The van der Waals surface area contributed by atoms with E-state index in [2.05, 4.69) is 47.6 Å². The number of carbonyl (C=O) groups is 1. The fourth-order valence-corrected chi connectivity index (χ4v) is 4.61. The third-order valence-corrected chi connectivity index (χ3v) is 6.64. The minimum absolute atomic E-state index is 0.0437. The normalized spacial score (nSPS) is 15.2. The molecule has 0 unspecified atom stereocenters. The van der Waals surface area contributed by atoms with E-state index in [4.69, 9.17) is 9.47 Å². The number of para-hydroxylation sites is 1. The van der Waals surface area contributed by atoms with Gasteiger partial charge in [-0.1, -0.05) is 13.0 Å². The Labute approximate surface area is 232 Å². The molecule has 40 heavy (non-hydrogen) atoms. The summed E-state index contributed by atoms with van der Waals surface area (Å²) in [5, 5.41) is 11.0. The number of pyridine rings is 1. The highest BCUT2D eigenvalue weighted by molar-refractivity contribution is 6.02. The summed E-state index contributed by atoms with van der Waals surface area (Å²) in [6.07, 6.45) is 6.21. The molecular weight excluding hydrogens is 510 g/mol. The molecule has 1 saturated heterocycles. The molecule has 1 atom stereocenters. The van der Waals surface area contributed by atoms with Crippen molar-refractivity contribution in [3.05, 3.63) is 54.2 Å². The molecule has 1 aliphatic heterocycles. The highest BCUT2D eigenvalue weighted by Crippen LogP contribution is 2.37. The molecule has 1 aromatic carbocycles. The number of rotatable bonds is 10. The van der Waals surface area contributed by atoms with Crippen LogP contribution in [-0.4, -0.2) is 73.8 Å². The van der Waals surface area contributed by atoms with Crippen molar-refractivity contribution in [3.8, 4) is 23.0 Å². The summed E-state index contributed by atoms with van der Waals surface area (Å²) in [6, 6.07) is 7.40. The Morgan fingerprint density at radius 2 is 1.95 bits per heavy atom. The zero-order chi connectivity index (χ0) is 28.2. The zero-order valence-electron chi connectivity index (χ0n) is 23.3. The van der Waals surface area contributed by atoms with E-state index in [0.717, 1.165) is 25.1 Å². The molecule has 3 aromatic heterocycles. The lowest BCUT2D eigenvalue weighted by Crippen LogP contribution is -2.22. The molecule has 5 rings (SSSR count). The van der Waals surface area contributed by atoms with E-state index in [9.17, 15) is 4.79 Å². The van der Waals surface area contributed by atoms with Crippen LogP contribution in [0.15, 0.2) is 43.0 Å². The number of aromatic nitrogens is 6. The van der Waals surface area contributed by atoms with Gasteiger partial charge in [-0.3, -0.25) is 9.48 Å². The van der Waals surface area contributed by atoms with Crippen LogP contribution in [0, 0.1) is 6.92 Å². The summed E-state index contributed by atoms with van der Waals surface area (Å²) in [6.45, 7) is 5.56. The van der Waals surface area contributed by atoms with E-state index >= 15 is 0 Å². The lowest BCUT2D eigenvalue weighted by Gasteiger charge is -2.17. The fourth-order valence-electron chi connectivity index (χ4n) is 4.61. The van der Waals surface area contributed by atoms with Gasteiger partial charge < -0.3 is 25.0 Å². The molecule has 1 fully saturated rings. The Balaban J connectivity index is 1.41. The molecule has 0 aliphatic carbocycles. The van der Waals surface area contributed by atoms with Crippen molar-refractivity contribution in [3.63, 3.8) is 0 Å². The number of ether oxygens (including phenoxy) is 2. The van der Waals surface area contributed by atoms with E-state index < -0.39 is 0 Å². The third-order valence-electron chi connectivity index (χ3n) is 6.64. The number of hydrogen-bond donors (Lipinski definition) is 2. The van der Waals surface area contributed by atoms with Gasteiger partial charge in [0, 0.05) is 38.8 Å². The Morgan fingerprint density at radius 3 is 2.62 bits per heavy atom. The van der Waals surface area contributed by atoms with E-state index in [1.165, 1.54) is 0 Å². The molecule has 12 heteroatoms. The fraction of sp³-hybridized carbons (Fsp3) is 0.357. The first-order valence-electron chi connectivity index (χ1n) is 13.1. The summed E-state index contributed by atoms with van der Waals surface area (Å²) < 4.78 is 13.4. The standard InChI is InChI=1S/C28H33N9O3/c1-6-23(38)20-13-29-24(34-25-14-30-28(17(2)32-25)40-18-10-11-36(3)15-18)12-22(20)33-21-9-7-8-19(26(21)39-5)27-31-16-37(4)35-27/h7-9,12-14,16,18H,6,10-11,15H2,1-5H3,(H2,29,32,33,34)/t18-/m1/s1. The average Bonchev–Trinajstić information content (AvgIpc) is 3.57. The molecule has 208 valence electrons. The molecule has 0 radical (unpaired) electrons. The molecule has 1 aliphatic rings. The van der Waals surface area contributed by atoms with E-state index in [1.807, 2.05) is 32.0 Å². The van der Waals surface area contributed by atoms with Crippen LogP contribution in [0.2, 0.25) is 0 Å². The first-order valence-corrected chi connectivity index (χ1v) is 13.1. The Bertz CT molecular complexity index is 1520. The molecule has 0 spiro atoms. The second kappa shape index (κ2) is 11.7. The predicted molar refractivity (Wildman–Crippen MR) is 152 cm³/mol. The SMILES string of the molecule is CCC(=O)c1cnc(Nc2cnc(O[C@@H]3CCN(C)C3)c(C)n2)cc1Nc1cccc(-c2ncn(C)n2)c1OC. The van der Waals surface area contributed by atoms with Gasteiger partial charge in [0.1, 0.15) is 23.9 Å². The molecule has 0 bridgehead atoms. The van der Waals surface area contributed by atoms with Crippen LogP contribution >= 0.6 is 0 Å². The number of hydrogen-bond acceptors (Lipinski definition) is 11. The van der Waals surface area contributed by atoms with Crippen molar-refractivity contribution >= 4 is 28.8 Å². The monoisotopic (exact) mass is 543 g/mol. The third kappa shape index (κ3) is 5.86. The van der Waals surface area contributed by atoms with E-state index in [-0.39, 0.29) is 11.9 Å². The van der Waals surface area contributed by atoms with Gasteiger partial charge in [0.15, 0.2) is 23.2 Å². The minimum atomic E-state index is -0.0437. The maximum atomic E-state index is 12.8. The highest BCUT2D eigenvalue weighted by Gasteiger charge is 2.23. The van der Waals surface area contributed by atoms with Gasteiger partial charge in [-0.15, -0.1) is 0 Å². The zero-order valence-corrected chi connectivity index (χ0v) is 23.3. The largest absolute Gasteiger partial charge is 0.494 e. The van der Waals surface area contributed by atoms with Crippen LogP contribution in [0.4, 0.5) is 23.0 Å². The van der Waals surface area contributed by atoms with Gasteiger partial charge >= 0.3 is 0 Å². The summed E-state index contributed by atoms with van der Waals surface area (Å²) in [4.78, 5) is 32.9. The van der Waals surface area contributed by atoms with Crippen LogP contribution in [0.5, 0.6) is 11.6 Å². The number of aryl methyl sites for hydroxylation is 2. The lowest BCUT2D eigenvalue weighted by atomic mass is 10.1. The van der Waals surface area contributed by atoms with Gasteiger partial charge in [0.2, 0.25) is 5.88 Å². The number of anilines is 4. The number of likely N-dealkylation sites (tertiary alicyclic amines) is 1. The van der Waals surface area contributed by atoms with Gasteiger partial charge in [0.05, 0.1) is 35.8 Å². The maximum absolute atomic E-state index is 12.8. The number of nitrogens with one attached hydrogen (secondary N) is 2. The molecule has 2 N–H and O–H groups in total. The van der Waals surface area contributed by atoms with E-state index in [1.54, 1.807) is 43.6 Å². The second-order valence-electron chi connectivity index (χ2n) is 9.71. The van der Waals surface area contributed by atoms with Crippen LogP contribution in [-0.2, 0) is 7.05 Å². The summed E-state index contributed by atoms with van der Waals surface area (Å²) in [5.41, 5.74) is 3.10. The second-order valence-corrected chi connectivity index (χ2v) is 9.71. The van der Waals surface area contributed by atoms with Crippen LogP contribution in [0.25, 0.3) is 11.4 Å². The lowest BCUT2D eigenvalue weighted by molar-refractivity contribution is 0.0988. The number of nitrogens with zero attached hydrogens (tertiary/aromatic N) is 7. The Hall–Kier alpha value is -4.58. The molecule has 4 heterocycles. The number of Topliss-reactive ketones (excluding diaryl/α,β-unsaturated/α-hetero) is 1. The van der Waals surface area contributed by atoms with Gasteiger partial charge in [0.25, 0.3) is 0 Å². The minimum Gasteiger partial charge on any atom is -0.494 e. The average molecular weight is 544 g/mol. The number of carbonyl (C=O) groups excluding carboxylic acids is 1.